The number of fused-ring (bicyclic) bond motifs is 1. The van der Waals surface area contributed by atoms with E-state index in [-0.39, 0.29) is 0 Å². The Labute approximate surface area is 105 Å². The molecule has 1 aromatic carbocycles. The van der Waals surface area contributed by atoms with Gasteiger partial charge in [-0.2, -0.15) is 0 Å². The van der Waals surface area contributed by atoms with Crippen molar-refractivity contribution in [2.24, 2.45) is 0 Å². The van der Waals surface area contributed by atoms with Crippen molar-refractivity contribution in [2.75, 3.05) is 18.0 Å². The maximum Gasteiger partial charge on any atom is 0.0404 e. The van der Waals surface area contributed by atoms with E-state index in [1.54, 1.807) is 5.56 Å². The van der Waals surface area contributed by atoms with E-state index in [1.165, 1.54) is 24.1 Å². The monoisotopic (exact) mass is 232 g/mol. The van der Waals surface area contributed by atoms with E-state index in [9.17, 15) is 0 Å². The number of nitrogens with zero attached hydrogens (tertiary/aromatic N) is 1. The third-order valence-electron chi connectivity index (χ3n) is 3.51. The molecule has 0 unspecified atom stereocenters. The number of anilines is 1. The van der Waals surface area contributed by atoms with Gasteiger partial charge in [0, 0.05) is 24.8 Å². The van der Waals surface area contributed by atoms with Crippen LogP contribution < -0.4 is 10.2 Å². The lowest BCUT2D eigenvalue weighted by Crippen LogP contribution is -2.34. The summed E-state index contributed by atoms with van der Waals surface area (Å²) in [4.78, 5) is 2.55. The summed E-state index contributed by atoms with van der Waals surface area (Å²) in [5, 5.41) is 3.45. The topological polar surface area (TPSA) is 15.3 Å². The Balaban J connectivity index is 2.35. The maximum absolute atomic E-state index is 3.45. The molecule has 0 saturated heterocycles. The van der Waals surface area contributed by atoms with Gasteiger partial charge in [0.1, 0.15) is 0 Å². The number of hydrogen-bond acceptors (Lipinski definition) is 2. The second-order valence-corrected chi connectivity index (χ2v) is 5.13. The first-order valence-corrected chi connectivity index (χ1v) is 6.82. The van der Waals surface area contributed by atoms with Crippen LogP contribution in [0.3, 0.4) is 0 Å². The highest BCUT2D eigenvalue weighted by Crippen LogP contribution is 2.28. The summed E-state index contributed by atoms with van der Waals surface area (Å²) >= 11 is 0. The van der Waals surface area contributed by atoms with Gasteiger partial charge in [-0.15, -0.1) is 0 Å². The van der Waals surface area contributed by atoms with E-state index in [0.29, 0.717) is 6.04 Å². The highest BCUT2D eigenvalue weighted by molar-refractivity contribution is 5.58. The highest BCUT2D eigenvalue weighted by Gasteiger charge is 2.17. The summed E-state index contributed by atoms with van der Waals surface area (Å²) in [6, 6.07) is 7.33. The molecule has 2 heteroatoms. The second kappa shape index (κ2) is 5.54. The van der Waals surface area contributed by atoms with Crippen molar-refractivity contribution in [3.8, 4) is 0 Å². The molecule has 0 spiro atoms. The van der Waals surface area contributed by atoms with E-state index in [0.717, 1.165) is 19.6 Å². The molecule has 1 aliphatic rings. The lowest BCUT2D eigenvalue weighted by Gasteiger charge is -2.33. The molecule has 2 rings (SSSR count). The molecular formula is C15H24N2. The van der Waals surface area contributed by atoms with Crippen molar-refractivity contribution in [3.63, 3.8) is 0 Å². The van der Waals surface area contributed by atoms with Crippen molar-refractivity contribution >= 4 is 5.69 Å². The highest BCUT2D eigenvalue weighted by atomic mass is 15.2. The van der Waals surface area contributed by atoms with E-state index in [2.05, 4.69) is 49.2 Å². The van der Waals surface area contributed by atoms with Gasteiger partial charge in [0.2, 0.25) is 0 Å². The van der Waals surface area contributed by atoms with Crippen LogP contribution in [0.5, 0.6) is 0 Å². The Bertz CT molecular complexity index is 371. The zero-order chi connectivity index (χ0) is 12.3. The summed E-state index contributed by atoms with van der Waals surface area (Å²) in [5.41, 5.74) is 4.50. The molecule has 0 atom stereocenters. The lowest BCUT2D eigenvalue weighted by molar-refractivity contribution is 0.627. The quantitative estimate of drug-likeness (QED) is 0.858. The van der Waals surface area contributed by atoms with Crippen molar-refractivity contribution in [3.05, 3.63) is 29.3 Å². The van der Waals surface area contributed by atoms with E-state index in [1.807, 2.05) is 0 Å². The third-order valence-corrected chi connectivity index (χ3v) is 3.51. The first-order valence-electron chi connectivity index (χ1n) is 6.82. The maximum atomic E-state index is 3.45. The zero-order valence-electron chi connectivity index (χ0n) is 11.3. The number of benzene rings is 1. The largest absolute Gasteiger partial charge is 0.369 e. The van der Waals surface area contributed by atoms with Gasteiger partial charge >= 0.3 is 0 Å². The van der Waals surface area contributed by atoms with Crippen LogP contribution in [-0.4, -0.2) is 19.1 Å². The fourth-order valence-corrected chi connectivity index (χ4v) is 2.68. The Morgan fingerprint density at radius 3 is 2.88 bits per heavy atom. The molecule has 0 aromatic heterocycles. The van der Waals surface area contributed by atoms with Gasteiger partial charge < -0.3 is 10.2 Å². The number of rotatable bonds is 4. The molecule has 0 amide bonds. The van der Waals surface area contributed by atoms with Crippen molar-refractivity contribution < 1.29 is 0 Å². The molecule has 0 saturated carbocycles. The fourth-order valence-electron chi connectivity index (χ4n) is 2.68. The van der Waals surface area contributed by atoms with Crippen molar-refractivity contribution in [2.45, 2.75) is 46.2 Å². The summed E-state index contributed by atoms with van der Waals surface area (Å²) in [6.45, 7) is 10.1. The first-order chi connectivity index (χ1) is 8.24. The van der Waals surface area contributed by atoms with Gasteiger partial charge in [-0.05, 0) is 50.4 Å². The lowest BCUT2D eigenvalue weighted by atomic mass is 9.97. The minimum Gasteiger partial charge on any atom is -0.369 e. The second-order valence-electron chi connectivity index (χ2n) is 5.13. The number of nitrogens with one attached hydrogen (secondary N) is 1. The van der Waals surface area contributed by atoms with Gasteiger partial charge in [-0.1, -0.05) is 19.1 Å². The van der Waals surface area contributed by atoms with Crippen molar-refractivity contribution in [1.82, 2.24) is 5.32 Å². The van der Waals surface area contributed by atoms with Gasteiger partial charge in [0.05, 0.1) is 0 Å². The molecule has 0 fully saturated rings. The van der Waals surface area contributed by atoms with Gasteiger partial charge in [0.15, 0.2) is 0 Å². The smallest absolute Gasteiger partial charge is 0.0404 e. The van der Waals surface area contributed by atoms with Crippen LogP contribution in [0.2, 0.25) is 0 Å². The normalized spacial score (nSPS) is 14.8. The third kappa shape index (κ3) is 2.63. The Morgan fingerprint density at radius 1 is 1.35 bits per heavy atom. The fraction of sp³-hybridized carbons (Fsp3) is 0.600. The van der Waals surface area contributed by atoms with Crippen LogP contribution in [0.1, 0.15) is 38.3 Å². The zero-order valence-corrected chi connectivity index (χ0v) is 11.3. The standard InChI is InChI=1S/C15H24N2/c1-4-10-17(12(2)3)15-7-5-6-13-11-16-9-8-14(13)15/h5-7,12,16H,4,8-11H2,1-3H3. The van der Waals surface area contributed by atoms with E-state index >= 15 is 0 Å². The molecule has 94 valence electrons. The summed E-state index contributed by atoms with van der Waals surface area (Å²) in [5.74, 6) is 0. The molecule has 2 nitrogen and oxygen atoms in total. The van der Waals surface area contributed by atoms with Crippen LogP contribution in [0, 0.1) is 0 Å². The molecule has 1 heterocycles. The summed E-state index contributed by atoms with van der Waals surface area (Å²) in [6.07, 6.45) is 2.37. The molecule has 1 aliphatic heterocycles. The Hall–Kier alpha value is -1.02. The molecule has 1 N–H and O–H groups in total. The minimum atomic E-state index is 0.580. The predicted molar refractivity (Wildman–Crippen MR) is 74.6 cm³/mol. The molecule has 0 bridgehead atoms. The van der Waals surface area contributed by atoms with Crippen molar-refractivity contribution in [1.29, 1.82) is 0 Å². The van der Waals surface area contributed by atoms with Crippen LogP contribution >= 0.6 is 0 Å². The van der Waals surface area contributed by atoms with Crippen LogP contribution in [0.4, 0.5) is 5.69 Å². The van der Waals surface area contributed by atoms with Gasteiger partial charge in [-0.3, -0.25) is 0 Å². The van der Waals surface area contributed by atoms with Crippen LogP contribution in [0.25, 0.3) is 0 Å². The van der Waals surface area contributed by atoms with Crippen LogP contribution in [-0.2, 0) is 13.0 Å². The summed E-state index contributed by atoms with van der Waals surface area (Å²) in [7, 11) is 0. The van der Waals surface area contributed by atoms with Crippen LogP contribution in [0.15, 0.2) is 18.2 Å². The molecule has 17 heavy (non-hydrogen) atoms. The SMILES string of the molecule is CCCN(c1cccc2c1CCNC2)C(C)C. The molecular weight excluding hydrogens is 208 g/mol. The Morgan fingerprint density at radius 2 is 2.18 bits per heavy atom. The van der Waals surface area contributed by atoms with Gasteiger partial charge in [0.25, 0.3) is 0 Å². The average Bonchev–Trinajstić information content (AvgIpc) is 2.35. The van der Waals surface area contributed by atoms with E-state index in [4.69, 9.17) is 0 Å². The van der Waals surface area contributed by atoms with Gasteiger partial charge in [-0.25, -0.2) is 0 Å². The molecule has 0 aliphatic carbocycles. The Kier molecular flexibility index (Phi) is 4.06. The predicted octanol–water partition coefficient (Wildman–Crippen LogP) is 2.96. The number of hydrogen-bond donors (Lipinski definition) is 1. The average molecular weight is 232 g/mol. The minimum absolute atomic E-state index is 0.580. The molecule has 0 radical (unpaired) electrons. The first kappa shape index (κ1) is 12.4. The van der Waals surface area contributed by atoms with E-state index < -0.39 is 0 Å². The summed E-state index contributed by atoms with van der Waals surface area (Å²) < 4.78 is 0. The molecule has 1 aromatic rings.